The van der Waals surface area contributed by atoms with Gasteiger partial charge in [-0.05, 0) is 29.2 Å². The molecule has 18 heavy (non-hydrogen) atoms. The summed E-state index contributed by atoms with van der Waals surface area (Å²) in [5.74, 6) is -0.00352. The van der Waals surface area contributed by atoms with Crippen LogP contribution in [0.5, 0.6) is 0 Å². The fourth-order valence-electron chi connectivity index (χ4n) is 1.78. The van der Waals surface area contributed by atoms with Crippen LogP contribution >= 0.6 is 23.4 Å². The molecular formula is C13H9ClN2OS. The average Bonchev–Trinajstić information content (AvgIpc) is 2.84. The summed E-state index contributed by atoms with van der Waals surface area (Å²) in [4.78, 5) is 18.1. The number of halogens is 1. The van der Waals surface area contributed by atoms with Crippen molar-refractivity contribution in [1.29, 1.82) is 0 Å². The van der Waals surface area contributed by atoms with Gasteiger partial charge >= 0.3 is 0 Å². The highest BCUT2D eigenvalue weighted by Gasteiger charge is 2.28. The van der Waals surface area contributed by atoms with E-state index in [0.717, 1.165) is 10.7 Å². The number of aliphatic imine (C=N–C) groups is 1. The van der Waals surface area contributed by atoms with Crippen molar-refractivity contribution in [2.24, 2.45) is 4.99 Å². The van der Waals surface area contributed by atoms with E-state index in [1.165, 1.54) is 11.8 Å². The number of rotatable bonds is 1. The van der Waals surface area contributed by atoms with Gasteiger partial charge in [0.2, 0.25) is 0 Å². The summed E-state index contributed by atoms with van der Waals surface area (Å²) in [7, 11) is 0. The molecule has 0 saturated carbocycles. The molecule has 0 radical (unpaired) electrons. The monoisotopic (exact) mass is 276 g/mol. The molecule has 0 bridgehead atoms. The SMILES string of the molecule is O=C1/C(=C/c2ccc(Cl)cc2)CN=C2SC=CN12. The Labute approximate surface area is 114 Å². The Morgan fingerprint density at radius 3 is 2.89 bits per heavy atom. The van der Waals surface area contributed by atoms with E-state index in [1.54, 1.807) is 11.1 Å². The first-order chi connectivity index (χ1) is 8.74. The molecule has 90 valence electrons. The number of benzene rings is 1. The Morgan fingerprint density at radius 2 is 2.11 bits per heavy atom. The van der Waals surface area contributed by atoms with Crippen LogP contribution in [-0.2, 0) is 4.79 Å². The van der Waals surface area contributed by atoms with Crippen LogP contribution in [0.15, 0.2) is 46.4 Å². The minimum Gasteiger partial charge on any atom is -0.269 e. The van der Waals surface area contributed by atoms with Crippen molar-refractivity contribution in [3.63, 3.8) is 0 Å². The van der Waals surface area contributed by atoms with E-state index < -0.39 is 0 Å². The van der Waals surface area contributed by atoms with Gasteiger partial charge in [-0.3, -0.25) is 14.7 Å². The third-order valence-corrected chi connectivity index (χ3v) is 3.72. The second-order valence-corrected chi connectivity index (χ2v) is 5.21. The predicted octanol–water partition coefficient (Wildman–Crippen LogP) is 3.14. The third kappa shape index (κ3) is 2.09. The van der Waals surface area contributed by atoms with Gasteiger partial charge in [-0.25, -0.2) is 0 Å². The van der Waals surface area contributed by atoms with E-state index >= 15 is 0 Å². The van der Waals surface area contributed by atoms with Gasteiger partial charge in [0.1, 0.15) is 0 Å². The molecule has 3 nitrogen and oxygen atoms in total. The number of carbonyl (C=O) groups excluding carboxylic acids is 1. The lowest BCUT2D eigenvalue weighted by Crippen LogP contribution is -2.33. The van der Waals surface area contributed by atoms with Crippen LogP contribution in [0, 0.1) is 0 Å². The summed E-state index contributed by atoms with van der Waals surface area (Å²) in [5.41, 5.74) is 1.64. The second kappa shape index (κ2) is 4.63. The molecule has 3 rings (SSSR count). The highest BCUT2D eigenvalue weighted by atomic mass is 35.5. The number of fused-ring (bicyclic) bond motifs is 1. The minimum absolute atomic E-state index is 0.00352. The molecule has 2 heterocycles. The van der Waals surface area contributed by atoms with E-state index in [2.05, 4.69) is 4.99 Å². The van der Waals surface area contributed by atoms with Crippen LogP contribution in [0.2, 0.25) is 5.02 Å². The van der Waals surface area contributed by atoms with E-state index in [9.17, 15) is 4.79 Å². The van der Waals surface area contributed by atoms with Gasteiger partial charge in [-0.1, -0.05) is 35.5 Å². The van der Waals surface area contributed by atoms with Crippen molar-refractivity contribution in [3.05, 3.63) is 52.0 Å². The summed E-state index contributed by atoms with van der Waals surface area (Å²) >= 11 is 7.30. The average molecular weight is 277 g/mol. The van der Waals surface area contributed by atoms with Crippen LogP contribution in [0.25, 0.3) is 6.08 Å². The first kappa shape index (κ1) is 11.6. The van der Waals surface area contributed by atoms with E-state index in [1.807, 2.05) is 35.7 Å². The maximum absolute atomic E-state index is 12.2. The molecular weight excluding hydrogens is 268 g/mol. The van der Waals surface area contributed by atoms with Crippen molar-refractivity contribution >= 4 is 40.5 Å². The summed E-state index contributed by atoms with van der Waals surface area (Å²) in [6, 6.07) is 7.38. The molecule has 0 aromatic heterocycles. The Balaban J connectivity index is 1.91. The van der Waals surface area contributed by atoms with Crippen molar-refractivity contribution in [2.75, 3.05) is 6.54 Å². The highest BCUT2D eigenvalue weighted by molar-refractivity contribution is 8.16. The maximum Gasteiger partial charge on any atom is 0.261 e. The van der Waals surface area contributed by atoms with Gasteiger partial charge < -0.3 is 0 Å². The number of carbonyl (C=O) groups is 1. The van der Waals surface area contributed by atoms with Crippen molar-refractivity contribution in [1.82, 2.24) is 4.90 Å². The zero-order valence-corrected chi connectivity index (χ0v) is 10.9. The van der Waals surface area contributed by atoms with Crippen LogP contribution < -0.4 is 0 Å². The number of hydrogen-bond donors (Lipinski definition) is 0. The van der Waals surface area contributed by atoms with Crippen molar-refractivity contribution < 1.29 is 4.79 Å². The topological polar surface area (TPSA) is 32.7 Å². The van der Waals surface area contributed by atoms with E-state index in [4.69, 9.17) is 11.6 Å². The predicted molar refractivity (Wildman–Crippen MR) is 75.3 cm³/mol. The fraction of sp³-hybridized carbons (Fsp3) is 0.0769. The van der Waals surface area contributed by atoms with Crippen LogP contribution in [0.3, 0.4) is 0 Å². The van der Waals surface area contributed by atoms with Crippen LogP contribution in [-0.4, -0.2) is 22.5 Å². The number of amides is 1. The summed E-state index contributed by atoms with van der Waals surface area (Å²) in [5, 5.41) is 3.31. The quantitative estimate of drug-likeness (QED) is 0.738. The number of nitrogens with zero attached hydrogens (tertiary/aromatic N) is 2. The molecule has 0 aliphatic carbocycles. The van der Waals surface area contributed by atoms with Gasteiger partial charge in [0.05, 0.1) is 6.54 Å². The minimum atomic E-state index is -0.00352. The number of amidine groups is 1. The van der Waals surface area contributed by atoms with Gasteiger partial charge in [0, 0.05) is 16.8 Å². The zero-order chi connectivity index (χ0) is 12.5. The third-order valence-electron chi connectivity index (χ3n) is 2.68. The standard InChI is InChI=1S/C13H9ClN2OS/c14-11-3-1-9(2-4-11)7-10-8-15-13-16(12(10)17)5-6-18-13/h1-7H,8H2/b10-7+. The Hall–Kier alpha value is -1.52. The Morgan fingerprint density at radius 1 is 1.33 bits per heavy atom. The lowest BCUT2D eigenvalue weighted by atomic mass is 10.1. The molecule has 2 aliphatic rings. The largest absolute Gasteiger partial charge is 0.269 e. The van der Waals surface area contributed by atoms with Gasteiger partial charge in [-0.2, -0.15) is 0 Å². The molecule has 0 fully saturated rings. The molecule has 0 N–H and O–H groups in total. The van der Waals surface area contributed by atoms with Crippen LogP contribution in [0.1, 0.15) is 5.56 Å². The molecule has 0 saturated heterocycles. The zero-order valence-electron chi connectivity index (χ0n) is 9.34. The number of hydrogen-bond acceptors (Lipinski definition) is 3. The first-order valence-corrected chi connectivity index (χ1v) is 6.67. The summed E-state index contributed by atoms with van der Waals surface area (Å²) in [6.45, 7) is 0.433. The van der Waals surface area contributed by atoms with Crippen molar-refractivity contribution in [3.8, 4) is 0 Å². The second-order valence-electron chi connectivity index (χ2n) is 3.90. The van der Waals surface area contributed by atoms with E-state index in [0.29, 0.717) is 17.1 Å². The molecule has 1 aromatic carbocycles. The first-order valence-electron chi connectivity index (χ1n) is 5.41. The van der Waals surface area contributed by atoms with Gasteiger partial charge in [0.15, 0.2) is 5.17 Å². The lowest BCUT2D eigenvalue weighted by molar-refractivity contribution is -0.121. The van der Waals surface area contributed by atoms with Crippen LogP contribution in [0.4, 0.5) is 0 Å². The summed E-state index contributed by atoms with van der Waals surface area (Å²) in [6.07, 6.45) is 3.61. The molecule has 5 heteroatoms. The molecule has 2 aliphatic heterocycles. The fourth-order valence-corrected chi connectivity index (χ4v) is 2.61. The molecule has 1 aromatic rings. The van der Waals surface area contributed by atoms with E-state index in [-0.39, 0.29) is 5.91 Å². The Kier molecular flexibility index (Phi) is 2.97. The number of thioether (sulfide) groups is 1. The lowest BCUT2D eigenvalue weighted by Gasteiger charge is -2.20. The molecule has 0 atom stereocenters. The van der Waals surface area contributed by atoms with Crippen molar-refractivity contribution in [2.45, 2.75) is 0 Å². The van der Waals surface area contributed by atoms with Gasteiger partial charge in [-0.15, -0.1) is 0 Å². The maximum atomic E-state index is 12.2. The highest BCUT2D eigenvalue weighted by Crippen LogP contribution is 2.26. The molecule has 1 amide bonds. The molecule has 0 unspecified atom stereocenters. The molecule has 0 spiro atoms. The van der Waals surface area contributed by atoms with Gasteiger partial charge in [0.25, 0.3) is 5.91 Å². The smallest absolute Gasteiger partial charge is 0.261 e. The Bertz CT molecular complexity index is 590. The summed E-state index contributed by atoms with van der Waals surface area (Å²) < 4.78 is 0. The normalized spacial score (nSPS) is 20.3.